The Kier molecular flexibility index (Phi) is 10.9. The molecule has 5 heteroatoms. The minimum atomic E-state index is -2.09. The second-order valence-corrected chi connectivity index (χ2v) is 12.2. The third-order valence-corrected chi connectivity index (χ3v) is 7.91. The quantitative estimate of drug-likeness (QED) is 0.533. The highest BCUT2D eigenvalue weighted by molar-refractivity contribution is 6.69. The summed E-state index contributed by atoms with van der Waals surface area (Å²) in [6.45, 7) is 23.2. The fourth-order valence-electron chi connectivity index (χ4n) is 3.40. The lowest BCUT2D eigenvalue weighted by atomic mass is 10.2. The van der Waals surface area contributed by atoms with Crippen molar-refractivity contribution in [3.8, 4) is 0 Å². The summed E-state index contributed by atoms with van der Waals surface area (Å²) in [6, 6.07) is 0. The van der Waals surface area contributed by atoms with Crippen molar-refractivity contribution in [2.75, 3.05) is 40.3 Å². The van der Waals surface area contributed by atoms with E-state index in [1.165, 1.54) is 0 Å². The first kappa shape index (κ1) is 23.1. The van der Waals surface area contributed by atoms with E-state index in [-0.39, 0.29) is 0 Å². The van der Waals surface area contributed by atoms with Gasteiger partial charge in [0.1, 0.15) is 0 Å². The fourth-order valence-corrected chi connectivity index (χ4v) is 7.83. The van der Waals surface area contributed by atoms with Gasteiger partial charge in [-0.05, 0) is 63.9 Å². The van der Waals surface area contributed by atoms with Crippen LogP contribution in [0.25, 0.3) is 0 Å². The summed E-state index contributed by atoms with van der Waals surface area (Å²) in [7, 11) is 2.20. The van der Waals surface area contributed by atoms with Gasteiger partial charge in [-0.25, -0.2) is 0 Å². The minimum Gasteiger partial charge on any atom is -0.303 e. The van der Waals surface area contributed by atoms with E-state index >= 15 is 0 Å². The Morgan fingerprint density at radius 2 is 0.783 bits per heavy atom. The van der Waals surface area contributed by atoms with Gasteiger partial charge in [-0.1, -0.05) is 55.4 Å². The molecule has 0 rings (SSSR count). The maximum absolute atomic E-state index is 3.77. The zero-order valence-electron chi connectivity index (χ0n) is 17.5. The van der Waals surface area contributed by atoms with Crippen molar-refractivity contribution in [1.29, 1.82) is 0 Å². The summed E-state index contributed by atoms with van der Waals surface area (Å²) < 4.78 is 5.46. The largest absolute Gasteiger partial charge is 0.371 e. The van der Waals surface area contributed by atoms with Crippen molar-refractivity contribution in [3.05, 3.63) is 0 Å². The van der Waals surface area contributed by atoms with Gasteiger partial charge in [0.2, 0.25) is 0 Å². The van der Waals surface area contributed by atoms with Crippen LogP contribution in [0, 0.1) is 23.7 Å². The molecule has 0 bridgehead atoms. The average molecular weight is 345 g/mol. The lowest BCUT2D eigenvalue weighted by Gasteiger charge is -2.49. The second kappa shape index (κ2) is 10.8. The molecule has 0 unspecified atom stereocenters. The van der Waals surface area contributed by atoms with Crippen LogP contribution >= 0.6 is 0 Å². The fraction of sp³-hybridized carbons (Fsp3) is 1.00. The molecule has 23 heavy (non-hydrogen) atoms. The molecule has 0 atom stereocenters. The van der Waals surface area contributed by atoms with E-state index in [0.717, 1.165) is 26.2 Å². The molecule has 0 radical (unpaired) electrons. The van der Waals surface area contributed by atoms with Crippen molar-refractivity contribution < 1.29 is 0 Å². The first-order chi connectivity index (χ1) is 10.6. The van der Waals surface area contributed by atoms with Gasteiger partial charge in [-0.3, -0.25) is 9.13 Å². The zero-order chi connectivity index (χ0) is 18.2. The van der Waals surface area contributed by atoms with Gasteiger partial charge in [0.15, 0.2) is 0 Å². The van der Waals surface area contributed by atoms with Gasteiger partial charge in [0, 0.05) is 0 Å². The highest BCUT2D eigenvalue weighted by Gasteiger charge is 2.45. The van der Waals surface area contributed by atoms with Crippen molar-refractivity contribution in [2.45, 2.75) is 55.4 Å². The van der Waals surface area contributed by atoms with E-state index in [1.807, 2.05) is 0 Å². The van der Waals surface area contributed by atoms with Crippen LogP contribution in [0.15, 0.2) is 0 Å². The highest BCUT2D eigenvalue weighted by atomic mass is 28.4. The van der Waals surface area contributed by atoms with Gasteiger partial charge >= 0.3 is 8.72 Å². The van der Waals surface area contributed by atoms with Gasteiger partial charge in [0.05, 0.1) is 0 Å². The molecular formula is C18H44N4Si. The van der Waals surface area contributed by atoms with Crippen LogP contribution in [0.4, 0.5) is 0 Å². The van der Waals surface area contributed by atoms with E-state index in [9.17, 15) is 0 Å². The first-order valence-corrected chi connectivity index (χ1v) is 11.4. The average Bonchev–Trinajstić information content (AvgIpc) is 2.37. The predicted octanol–water partition coefficient (Wildman–Crippen LogP) is 3.09. The van der Waals surface area contributed by atoms with Crippen molar-refractivity contribution >= 4 is 8.72 Å². The van der Waals surface area contributed by atoms with Crippen LogP contribution in [-0.4, -0.2) is 58.1 Å². The Morgan fingerprint density at radius 3 is 0.913 bits per heavy atom. The Labute approximate surface area is 147 Å². The van der Waals surface area contributed by atoms with Crippen LogP contribution < -0.4 is 9.96 Å². The molecule has 0 aromatic rings. The van der Waals surface area contributed by atoms with Crippen LogP contribution in [0.2, 0.25) is 0 Å². The van der Waals surface area contributed by atoms with Crippen molar-refractivity contribution in [2.24, 2.45) is 23.7 Å². The molecule has 2 N–H and O–H groups in total. The van der Waals surface area contributed by atoms with E-state index in [2.05, 4.69) is 88.6 Å². The summed E-state index contributed by atoms with van der Waals surface area (Å²) >= 11 is 0. The summed E-state index contributed by atoms with van der Waals surface area (Å²) in [5.74, 6) is 2.68. The van der Waals surface area contributed by atoms with Gasteiger partial charge < -0.3 is 9.96 Å². The van der Waals surface area contributed by atoms with Crippen LogP contribution in [-0.2, 0) is 0 Å². The molecule has 4 nitrogen and oxygen atoms in total. The minimum absolute atomic E-state index is 0.669. The second-order valence-electron chi connectivity index (χ2n) is 8.56. The molecular weight excluding hydrogens is 300 g/mol. The normalized spacial score (nSPS) is 13.6. The molecule has 0 aliphatic carbocycles. The van der Waals surface area contributed by atoms with Gasteiger partial charge in [-0.2, -0.15) is 0 Å². The molecule has 0 heterocycles. The number of hydrogen-bond acceptors (Lipinski definition) is 4. The van der Waals surface area contributed by atoms with Crippen LogP contribution in [0.3, 0.4) is 0 Å². The number of nitrogens with zero attached hydrogens (tertiary/aromatic N) is 2. The molecule has 0 fully saturated rings. The molecule has 0 amide bonds. The van der Waals surface area contributed by atoms with Gasteiger partial charge in [-0.15, -0.1) is 0 Å². The lowest BCUT2D eigenvalue weighted by Crippen LogP contribution is -2.82. The van der Waals surface area contributed by atoms with E-state index in [4.69, 9.17) is 0 Å². The summed E-state index contributed by atoms with van der Waals surface area (Å²) in [4.78, 5) is 7.53. The van der Waals surface area contributed by atoms with E-state index in [1.54, 1.807) is 0 Å². The number of hydrogen-bond donors (Lipinski definition) is 2. The molecule has 0 aromatic carbocycles. The predicted molar refractivity (Wildman–Crippen MR) is 106 cm³/mol. The highest BCUT2D eigenvalue weighted by Crippen LogP contribution is 2.18. The Morgan fingerprint density at radius 1 is 0.565 bits per heavy atom. The molecule has 0 saturated heterocycles. The van der Waals surface area contributed by atoms with Crippen molar-refractivity contribution in [1.82, 2.24) is 19.1 Å². The van der Waals surface area contributed by atoms with Crippen molar-refractivity contribution in [3.63, 3.8) is 0 Å². The van der Waals surface area contributed by atoms with Gasteiger partial charge in [0.25, 0.3) is 0 Å². The van der Waals surface area contributed by atoms with Crippen LogP contribution in [0.5, 0.6) is 0 Å². The molecule has 140 valence electrons. The maximum atomic E-state index is 3.77. The van der Waals surface area contributed by atoms with E-state index < -0.39 is 8.72 Å². The summed E-state index contributed by atoms with van der Waals surface area (Å²) in [5, 5.41) is 0. The Bertz CT molecular complexity index is 255. The number of nitrogens with one attached hydrogen (secondary N) is 2. The summed E-state index contributed by atoms with van der Waals surface area (Å²) in [5.41, 5.74) is 0. The summed E-state index contributed by atoms with van der Waals surface area (Å²) in [6.07, 6.45) is 0. The number of rotatable bonds is 12. The van der Waals surface area contributed by atoms with Crippen LogP contribution in [0.1, 0.15) is 55.4 Å². The third-order valence-electron chi connectivity index (χ3n) is 3.95. The monoisotopic (exact) mass is 344 g/mol. The zero-order valence-corrected chi connectivity index (χ0v) is 18.5. The molecule has 0 aliphatic rings. The topological polar surface area (TPSA) is 30.5 Å². The third kappa shape index (κ3) is 7.65. The lowest BCUT2D eigenvalue weighted by molar-refractivity contribution is 0.233. The molecule has 0 aromatic heterocycles. The standard InChI is InChI=1S/C18H44N4Si/c1-15(2)11-21(12-16(3)4)23(19-9,20-10)22(13-17(5)6)14-18(7)8/h15-20H,11-14H2,1-10H3. The smallest absolute Gasteiger partial charge is 0.303 e. The molecule has 0 aliphatic heterocycles. The molecule has 0 spiro atoms. The molecule has 0 saturated carbocycles. The van der Waals surface area contributed by atoms with E-state index in [0.29, 0.717) is 23.7 Å². The maximum Gasteiger partial charge on any atom is 0.371 e. The Balaban J connectivity index is 5.70. The first-order valence-electron chi connectivity index (χ1n) is 9.46. The SMILES string of the molecule is CN[Si](NC)(N(CC(C)C)CC(C)C)N(CC(C)C)CC(C)C. The Hall–Kier alpha value is 0.0569.